The average Bonchev–Trinajstić information content (AvgIpc) is 3.33. The van der Waals surface area contributed by atoms with Gasteiger partial charge in [-0.15, -0.1) is 0 Å². The van der Waals surface area contributed by atoms with E-state index < -0.39 is 39.6 Å². The maximum Gasteiger partial charge on any atom is 0.182 e. The van der Waals surface area contributed by atoms with E-state index in [4.69, 9.17) is 4.74 Å². The van der Waals surface area contributed by atoms with Crippen LogP contribution in [0.1, 0.15) is 11.5 Å². The number of benzene rings is 2. The average molecular weight is 348 g/mol. The van der Waals surface area contributed by atoms with Crippen LogP contribution in [0.25, 0.3) is 0 Å². The molecule has 0 radical (unpaired) electrons. The first kappa shape index (κ1) is 17.0. The van der Waals surface area contributed by atoms with Crippen LogP contribution in [0.15, 0.2) is 59.5 Å². The molecule has 6 heteroatoms. The van der Waals surface area contributed by atoms with Crippen LogP contribution < -0.4 is 4.74 Å². The van der Waals surface area contributed by atoms with Crippen LogP contribution in [0.4, 0.5) is 0 Å². The van der Waals surface area contributed by atoms with Gasteiger partial charge in [-0.2, -0.15) is 0 Å². The van der Waals surface area contributed by atoms with Gasteiger partial charge in [0, 0.05) is 11.3 Å². The second kappa shape index (κ2) is 6.20. The fourth-order valence-corrected chi connectivity index (χ4v) is 5.89. The molecule has 2 atom stereocenters. The molecule has 1 fully saturated rings. The minimum Gasteiger partial charge on any atom is -0.497 e. The monoisotopic (exact) mass is 348 g/mol. The highest BCUT2D eigenvalue weighted by atomic mass is 32.2. The first-order valence-corrected chi connectivity index (χ1v) is 9.20. The summed E-state index contributed by atoms with van der Waals surface area (Å²) in [6, 6.07) is 15.2. The Kier molecular flexibility index (Phi) is 4.38. The summed E-state index contributed by atoms with van der Waals surface area (Å²) in [7, 11) is -2.11. The highest BCUT2D eigenvalue weighted by Gasteiger charge is 2.70. The second-order valence-corrected chi connectivity index (χ2v) is 8.15. The van der Waals surface area contributed by atoms with Crippen LogP contribution in [0.2, 0.25) is 0 Å². The van der Waals surface area contributed by atoms with Crippen molar-refractivity contribution in [2.24, 2.45) is 5.41 Å². The summed E-state index contributed by atoms with van der Waals surface area (Å²) in [5.74, 6) is 0.212. The largest absolute Gasteiger partial charge is 0.497 e. The SMILES string of the molecule is COc1ccc([C@@H]2[C@H](S(=O)(=O)c3ccccc3)C2(CO)CO)cc1. The summed E-state index contributed by atoms with van der Waals surface area (Å²) in [6.07, 6.45) is 0. The van der Waals surface area contributed by atoms with E-state index in [0.29, 0.717) is 5.75 Å². The van der Waals surface area contributed by atoms with Gasteiger partial charge in [0.05, 0.1) is 30.5 Å². The minimum absolute atomic E-state index is 0.206. The van der Waals surface area contributed by atoms with Crippen molar-refractivity contribution in [2.45, 2.75) is 16.1 Å². The smallest absolute Gasteiger partial charge is 0.182 e. The Morgan fingerprint density at radius 2 is 1.58 bits per heavy atom. The van der Waals surface area contributed by atoms with Crippen molar-refractivity contribution in [1.29, 1.82) is 0 Å². The van der Waals surface area contributed by atoms with Gasteiger partial charge in [0.25, 0.3) is 0 Å². The van der Waals surface area contributed by atoms with Gasteiger partial charge in [-0.1, -0.05) is 30.3 Å². The number of rotatable bonds is 6. The summed E-state index contributed by atoms with van der Waals surface area (Å²) in [5.41, 5.74) is -0.299. The third-order valence-corrected chi connectivity index (χ3v) is 7.19. The molecule has 24 heavy (non-hydrogen) atoms. The Hall–Kier alpha value is -1.89. The van der Waals surface area contributed by atoms with Gasteiger partial charge < -0.3 is 14.9 Å². The first-order valence-electron chi connectivity index (χ1n) is 7.66. The van der Waals surface area contributed by atoms with Crippen molar-refractivity contribution >= 4 is 9.84 Å². The summed E-state index contributed by atoms with van der Waals surface area (Å²) in [5, 5.41) is 18.8. The standard InChI is InChI=1S/C18H20O5S/c1-23-14-9-7-13(8-10-14)16-17(18(16,11-19)12-20)24(21,22)15-5-3-2-4-6-15/h2-10,16-17,19-20H,11-12H2,1H3/t16-,17+/m1/s1. The first-order chi connectivity index (χ1) is 11.5. The molecule has 0 aliphatic heterocycles. The molecule has 5 nitrogen and oxygen atoms in total. The molecule has 0 saturated heterocycles. The third-order valence-electron chi connectivity index (χ3n) is 4.85. The van der Waals surface area contributed by atoms with Gasteiger partial charge in [0.15, 0.2) is 9.84 Å². The van der Waals surface area contributed by atoms with E-state index in [9.17, 15) is 18.6 Å². The maximum atomic E-state index is 13.0. The number of methoxy groups -OCH3 is 1. The number of sulfone groups is 1. The van der Waals surface area contributed by atoms with Crippen molar-refractivity contribution in [1.82, 2.24) is 0 Å². The number of hydrogen-bond acceptors (Lipinski definition) is 5. The van der Waals surface area contributed by atoms with E-state index in [1.807, 2.05) is 0 Å². The summed E-state index contributed by atoms with van der Waals surface area (Å²) in [4.78, 5) is 0.206. The molecular weight excluding hydrogens is 328 g/mol. The predicted octanol–water partition coefficient (Wildman–Crippen LogP) is 1.61. The van der Waals surface area contributed by atoms with E-state index in [1.54, 1.807) is 49.6 Å². The Labute approximate surface area is 141 Å². The number of aliphatic hydroxyl groups excluding tert-OH is 2. The van der Waals surface area contributed by atoms with Crippen molar-refractivity contribution in [3.05, 3.63) is 60.2 Å². The van der Waals surface area contributed by atoms with Crippen molar-refractivity contribution in [3.63, 3.8) is 0 Å². The minimum atomic E-state index is -3.66. The number of ether oxygens (including phenoxy) is 1. The molecular formula is C18H20O5S. The maximum absolute atomic E-state index is 13.0. The lowest BCUT2D eigenvalue weighted by Crippen LogP contribution is -2.22. The zero-order valence-electron chi connectivity index (χ0n) is 13.3. The number of hydrogen-bond donors (Lipinski definition) is 2. The van der Waals surface area contributed by atoms with Gasteiger partial charge >= 0.3 is 0 Å². The van der Waals surface area contributed by atoms with Crippen LogP contribution in [-0.4, -0.2) is 44.2 Å². The highest BCUT2D eigenvalue weighted by molar-refractivity contribution is 7.92. The van der Waals surface area contributed by atoms with E-state index in [2.05, 4.69) is 0 Å². The molecule has 2 N–H and O–H groups in total. The quantitative estimate of drug-likeness (QED) is 0.828. The van der Waals surface area contributed by atoms with Crippen molar-refractivity contribution < 1.29 is 23.4 Å². The van der Waals surface area contributed by atoms with Crippen LogP contribution in [0.5, 0.6) is 5.75 Å². The van der Waals surface area contributed by atoms with Gasteiger partial charge in [0.2, 0.25) is 0 Å². The molecule has 128 valence electrons. The Morgan fingerprint density at radius 3 is 2.08 bits per heavy atom. The lowest BCUT2D eigenvalue weighted by Gasteiger charge is -2.11. The molecule has 0 spiro atoms. The molecule has 0 aromatic heterocycles. The molecule has 0 bridgehead atoms. The highest BCUT2D eigenvalue weighted by Crippen LogP contribution is 2.63. The van der Waals surface area contributed by atoms with Crippen molar-refractivity contribution in [2.75, 3.05) is 20.3 Å². The second-order valence-electron chi connectivity index (χ2n) is 6.08. The van der Waals surface area contributed by atoms with E-state index in [1.165, 1.54) is 12.1 Å². The third kappa shape index (κ3) is 2.51. The van der Waals surface area contributed by atoms with Gasteiger partial charge in [-0.3, -0.25) is 0 Å². The Balaban J connectivity index is 2.02. The zero-order chi connectivity index (χ0) is 17.4. The molecule has 0 heterocycles. The summed E-state index contributed by atoms with van der Waals surface area (Å²) in [6.45, 7) is -0.784. The van der Waals surface area contributed by atoms with E-state index >= 15 is 0 Å². The summed E-state index contributed by atoms with van der Waals surface area (Å²) >= 11 is 0. The lowest BCUT2D eigenvalue weighted by atomic mass is 10.0. The predicted molar refractivity (Wildman–Crippen MR) is 89.8 cm³/mol. The Morgan fingerprint density at radius 1 is 1.00 bits per heavy atom. The molecule has 1 saturated carbocycles. The molecule has 1 aliphatic carbocycles. The van der Waals surface area contributed by atoms with E-state index in [-0.39, 0.29) is 4.90 Å². The van der Waals surface area contributed by atoms with E-state index in [0.717, 1.165) is 5.56 Å². The van der Waals surface area contributed by atoms with Crippen LogP contribution >= 0.6 is 0 Å². The van der Waals surface area contributed by atoms with Crippen molar-refractivity contribution in [3.8, 4) is 5.75 Å². The topological polar surface area (TPSA) is 83.8 Å². The van der Waals surface area contributed by atoms with Crippen LogP contribution in [0, 0.1) is 5.41 Å². The molecule has 2 aromatic carbocycles. The molecule has 2 aromatic rings. The fourth-order valence-electron chi connectivity index (χ4n) is 3.44. The normalized spacial score (nSPS) is 22.1. The van der Waals surface area contributed by atoms with Gasteiger partial charge in [0.1, 0.15) is 5.75 Å². The molecule has 0 amide bonds. The lowest BCUT2D eigenvalue weighted by molar-refractivity contribution is 0.130. The molecule has 0 unspecified atom stereocenters. The summed E-state index contributed by atoms with van der Waals surface area (Å²) < 4.78 is 31.1. The molecule has 1 aliphatic rings. The zero-order valence-corrected chi connectivity index (χ0v) is 14.1. The fraction of sp³-hybridized carbons (Fsp3) is 0.333. The number of aliphatic hydroxyl groups is 2. The molecule has 3 rings (SSSR count). The van der Waals surface area contributed by atoms with Gasteiger partial charge in [-0.25, -0.2) is 8.42 Å². The Bertz CT molecular complexity index is 795. The van der Waals surface area contributed by atoms with Crippen LogP contribution in [0.3, 0.4) is 0 Å². The van der Waals surface area contributed by atoms with Gasteiger partial charge in [-0.05, 0) is 29.8 Å². The van der Waals surface area contributed by atoms with Crippen LogP contribution in [-0.2, 0) is 9.84 Å².